The summed E-state index contributed by atoms with van der Waals surface area (Å²) < 4.78 is 43.1. The van der Waals surface area contributed by atoms with Gasteiger partial charge in [-0.2, -0.15) is 19.1 Å². The number of alkyl halides is 2. The van der Waals surface area contributed by atoms with Gasteiger partial charge in [-0.05, 0) is 45.0 Å². The quantitative estimate of drug-likeness (QED) is 0.585. The lowest BCUT2D eigenvalue weighted by Gasteiger charge is -2.38. The Balaban J connectivity index is 1.83. The van der Waals surface area contributed by atoms with Gasteiger partial charge in [0.25, 0.3) is 5.91 Å². The molecule has 3 aromatic rings. The van der Waals surface area contributed by atoms with E-state index in [1.807, 2.05) is 20.8 Å². The second-order valence-corrected chi connectivity index (χ2v) is 10.0. The fourth-order valence-corrected chi connectivity index (χ4v) is 5.47. The van der Waals surface area contributed by atoms with Crippen LogP contribution in [0.2, 0.25) is 0 Å². The molecule has 0 saturated carbocycles. The van der Waals surface area contributed by atoms with Crippen LogP contribution in [-0.2, 0) is 10.8 Å². The smallest absolute Gasteiger partial charge is 0.387 e. The molecule has 172 valence electrons. The predicted molar refractivity (Wildman–Crippen MR) is 121 cm³/mol. The van der Waals surface area contributed by atoms with Crippen molar-refractivity contribution in [1.29, 1.82) is 5.26 Å². The van der Waals surface area contributed by atoms with Crippen LogP contribution in [0.15, 0.2) is 36.4 Å². The molecule has 1 aromatic heterocycles. The van der Waals surface area contributed by atoms with Gasteiger partial charge in [0.2, 0.25) is 0 Å². The Hall–Kier alpha value is -3.32. The summed E-state index contributed by atoms with van der Waals surface area (Å²) in [7, 11) is -0.934. The van der Waals surface area contributed by atoms with Crippen LogP contribution in [0.4, 0.5) is 8.78 Å². The van der Waals surface area contributed by atoms with Gasteiger partial charge in [-0.15, -0.1) is 0 Å². The monoisotopic (exact) mass is 472 g/mol. The minimum Gasteiger partial charge on any atom is -0.435 e. The largest absolute Gasteiger partial charge is 0.435 e. The number of halogens is 2. The molecule has 0 aliphatic carbocycles. The lowest BCUT2D eigenvalue weighted by molar-refractivity contribution is -0.0498. The van der Waals surface area contributed by atoms with E-state index in [1.54, 1.807) is 22.9 Å². The minimum atomic E-state index is -2.96. The van der Waals surface area contributed by atoms with Crippen LogP contribution >= 0.6 is 0 Å². The summed E-state index contributed by atoms with van der Waals surface area (Å²) in [6.45, 7) is 2.70. The van der Waals surface area contributed by atoms with Crippen LogP contribution in [0, 0.1) is 11.3 Å². The number of hydrogen-bond donors (Lipinski definition) is 1. The fraction of sp³-hybridized carbons (Fsp3) is 0.348. The van der Waals surface area contributed by atoms with Crippen LogP contribution in [0.1, 0.15) is 42.7 Å². The van der Waals surface area contributed by atoms with E-state index in [1.165, 1.54) is 18.2 Å². The predicted octanol–water partition coefficient (Wildman–Crippen LogP) is 4.01. The Bertz CT molecular complexity index is 1310. The van der Waals surface area contributed by atoms with Crippen LogP contribution in [0.5, 0.6) is 5.75 Å². The third-order valence-electron chi connectivity index (χ3n) is 5.39. The van der Waals surface area contributed by atoms with Crippen LogP contribution in [-0.4, -0.2) is 43.6 Å². The van der Waals surface area contributed by atoms with E-state index in [2.05, 4.69) is 21.2 Å². The second-order valence-electron chi connectivity index (χ2n) is 8.57. The first-order chi connectivity index (χ1) is 15.6. The number of carbonyl (C=O) groups excluding carboxylic acids is 1. The van der Waals surface area contributed by atoms with Crippen molar-refractivity contribution >= 4 is 27.6 Å². The van der Waals surface area contributed by atoms with E-state index in [-0.39, 0.29) is 23.3 Å². The summed E-state index contributed by atoms with van der Waals surface area (Å²) in [6.07, 6.45) is 0. The molecule has 1 aliphatic rings. The van der Waals surface area contributed by atoms with Gasteiger partial charge < -0.3 is 10.1 Å². The van der Waals surface area contributed by atoms with Crippen molar-refractivity contribution < 1.29 is 22.5 Å². The molecule has 1 N–H and O–H groups in total. The van der Waals surface area contributed by atoms with Crippen molar-refractivity contribution in [3.8, 4) is 23.1 Å². The lowest BCUT2D eigenvalue weighted by atomic mass is 9.99. The first-order valence-electron chi connectivity index (χ1n) is 10.3. The number of benzene rings is 2. The molecule has 1 fully saturated rings. The standard InChI is InChI=1S/C23H22F2N4O3S/c1-13(2)29-18-9-15(21(30)27-23(3)11-33(31)12-23)7-16(10-26)19(18)20(28-29)14-5-4-6-17(8-14)32-22(24)25/h4-9,13,22H,11-12H2,1-3H3,(H,27,30). The van der Waals surface area contributed by atoms with Crippen molar-refractivity contribution in [2.24, 2.45) is 0 Å². The first-order valence-corrected chi connectivity index (χ1v) is 11.8. The van der Waals surface area contributed by atoms with Gasteiger partial charge in [0.15, 0.2) is 0 Å². The van der Waals surface area contributed by atoms with E-state index < -0.39 is 22.9 Å². The SMILES string of the molecule is CC(C)n1nc(-c2cccc(OC(F)F)c2)c2c(C#N)cc(C(=O)NC3(C)CS(=O)C3)cc21. The molecule has 2 aromatic carbocycles. The summed E-state index contributed by atoms with van der Waals surface area (Å²) >= 11 is 0. The molecular weight excluding hydrogens is 450 g/mol. The molecule has 0 unspecified atom stereocenters. The van der Waals surface area contributed by atoms with Gasteiger partial charge in [0.05, 0.1) is 22.7 Å². The van der Waals surface area contributed by atoms with Crippen molar-refractivity contribution in [2.45, 2.75) is 39.0 Å². The maximum absolute atomic E-state index is 12.9. The highest BCUT2D eigenvalue weighted by Crippen LogP contribution is 2.35. The Morgan fingerprint density at radius 3 is 2.64 bits per heavy atom. The summed E-state index contributed by atoms with van der Waals surface area (Å²) in [4.78, 5) is 12.9. The molecule has 0 radical (unpaired) electrons. The number of amides is 1. The number of nitrogens with zero attached hydrogens (tertiary/aromatic N) is 3. The Morgan fingerprint density at radius 1 is 1.30 bits per heavy atom. The molecule has 0 bridgehead atoms. The maximum atomic E-state index is 12.9. The van der Waals surface area contributed by atoms with Crippen LogP contribution in [0.25, 0.3) is 22.2 Å². The van der Waals surface area contributed by atoms with E-state index in [4.69, 9.17) is 0 Å². The third kappa shape index (κ3) is 4.46. The molecule has 33 heavy (non-hydrogen) atoms. The second kappa shape index (κ2) is 8.56. The zero-order valence-electron chi connectivity index (χ0n) is 18.3. The van der Waals surface area contributed by atoms with Crippen molar-refractivity contribution in [3.63, 3.8) is 0 Å². The number of ether oxygens (including phenoxy) is 1. The third-order valence-corrected chi connectivity index (χ3v) is 7.31. The summed E-state index contributed by atoms with van der Waals surface area (Å²) in [6, 6.07) is 11.3. The molecular formula is C23H22F2N4O3S. The number of nitriles is 1. The zero-order chi connectivity index (χ0) is 23.9. The maximum Gasteiger partial charge on any atom is 0.387 e. The van der Waals surface area contributed by atoms with E-state index in [9.17, 15) is 23.0 Å². The molecule has 0 atom stereocenters. The molecule has 7 nitrogen and oxygen atoms in total. The molecule has 2 heterocycles. The average molecular weight is 473 g/mol. The normalized spacial score (nSPS) is 20.0. The molecule has 1 saturated heterocycles. The van der Waals surface area contributed by atoms with Gasteiger partial charge in [-0.1, -0.05) is 12.1 Å². The van der Waals surface area contributed by atoms with Gasteiger partial charge >= 0.3 is 6.61 Å². The molecule has 4 rings (SSSR count). The molecule has 0 spiro atoms. The van der Waals surface area contributed by atoms with Gasteiger partial charge in [0.1, 0.15) is 11.4 Å². The molecule has 1 amide bonds. The first kappa shape index (κ1) is 22.9. The average Bonchev–Trinajstić information content (AvgIpc) is 3.11. The van der Waals surface area contributed by atoms with E-state index >= 15 is 0 Å². The van der Waals surface area contributed by atoms with E-state index in [0.717, 1.165) is 0 Å². The van der Waals surface area contributed by atoms with Crippen molar-refractivity contribution in [2.75, 3.05) is 11.5 Å². The highest BCUT2D eigenvalue weighted by molar-refractivity contribution is 7.86. The lowest BCUT2D eigenvalue weighted by Crippen LogP contribution is -2.61. The Morgan fingerprint density at radius 2 is 2.03 bits per heavy atom. The minimum absolute atomic E-state index is 0.0182. The Labute approximate surface area is 191 Å². The highest BCUT2D eigenvalue weighted by Gasteiger charge is 2.39. The summed E-state index contributed by atoms with van der Waals surface area (Å²) in [5.74, 6) is 0.391. The van der Waals surface area contributed by atoms with E-state index in [0.29, 0.717) is 39.2 Å². The van der Waals surface area contributed by atoms with Gasteiger partial charge in [-0.3, -0.25) is 13.7 Å². The number of aromatic nitrogens is 2. The Kier molecular flexibility index (Phi) is 5.93. The zero-order valence-corrected chi connectivity index (χ0v) is 19.1. The number of fused-ring (bicyclic) bond motifs is 1. The van der Waals surface area contributed by atoms with Crippen molar-refractivity contribution in [3.05, 3.63) is 47.5 Å². The fourth-order valence-electron chi connectivity index (χ4n) is 3.99. The number of rotatable bonds is 6. The van der Waals surface area contributed by atoms with Crippen LogP contribution in [0.3, 0.4) is 0 Å². The number of hydrogen-bond acceptors (Lipinski definition) is 5. The van der Waals surface area contributed by atoms with Crippen molar-refractivity contribution in [1.82, 2.24) is 15.1 Å². The highest BCUT2D eigenvalue weighted by atomic mass is 32.2. The topological polar surface area (TPSA) is 97.0 Å². The number of nitrogens with one attached hydrogen (secondary N) is 1. The molecule has 10 heteroatoms. The summed E-state index contributed by atoms with van der Waals surface area (Å²) in [5, 5.41) is 18.0. The van der Waals surface area contributed by atoms with Crippen LogP contribution < -0.4 is 10.1 Å². The van der Waals surface area contributed by atoms with Gasteiger partial charge in [-0.25, -0.2) is 0 Å². The van der Waals surface area contributed by atoms with Gasteiger partial charge in [0, 0.05) is 44.9 Å². The number of carbonyl (C=O) groups is 1. The molecule has 1 aliphatic heterocycles. The summed E-state index contributed by atoms with van der Waals surface area (Å²) in [5.41, 5.74) is 1.51.